The maximum absolute atomic E-state index is 13.8. The molecule has 1 aliphatic rings. The second kappa shape index (κ2) is 5.58. The summed E-state index contributed by atoms with van der Waals surface area (Å²) in [5, 5.41) is 0. The highest BCUT2D eigenvalue weighted by atomic mass is 19.3. The van der Waals surface area contributed by atoms with Gasteiger partial charge in [0, 0.05) is 13.5 Å². The fourth-order valence-corrected chi connectivity index (χ4v) is 2.40. The lowest BCUT2D eigenvalue weighted by Gasteiger charge is -2.40. The van der Waals surface area contributed by atoms with Gasteiger partial charge in [0.2, 0.25) is 5.91 Å². The van der Waals surface area contributed by atoms with E-state index in [1.54, 1.807) is 4.90 Å². The third kappa shape index (κ3) is 2.99. The molecule has 4 heteroatoms. The standard InChI is InChI=1S/C17H21F2NO/c1-16(2,17(3,18)19)15(21)20-12-8-7-11-14(20)13-9-5-4-6-10-13/h4-7,9-11,14H,8,12H2,1-3H3. The molecule has 2 nitrogen and oxygen atoms in total. The summed E-state index contributed by atoms with van der Waals surface area (Å²) in [5.41, 5.74) is -0.775. The van der Waals surface area contributed by atoms with E-state index in [2.05, 4.69) is 0 Å². The van der Waals surface area contributed by atoms with Crippen molar-refractivity contribution in [2.24, 2.45) is 5.41 Å². The SMILES string of the molecule is CC(F)(F)C(C)(C)C(=O)N1CCC=CC1c1ccccc1. The van der Waals surface area contributed by atoms with Crippen molar-refractivity contribution in [2.75, 3.05) is 6.54 Å². The first-order valence-corrected chi connectivity index (χ1v) is 7.15. The molecule has 1 aromatic rings. The summed E-state index contributed by atoms with van der Waals surface area (Å²) < 4.78 is 27.5. The van der Waals surface area contributed by atoms with E-state index in [9.17, 15) is 13.6 Å². The van der Waals surface area contributed by atoms with Crippen LogP contribution in [0, 0.1) is 5.41 Å². The van der Waals surface area contributed by atoms with Crippen LogP contribution in [-0.4, -0.2) is 23.3 Å². The Morgan fingerprint density at radius 2 is 1.81 bits per heavy atom. The van der Waals surface area contributed by atoms with Crippen LogP contribution in [-0.2, 0) is 4.79 Å². The number of nitrogens with zero attached hydrogens (tertiary/aromatic N) is 1. The number of benzene rings is 1. The van der Waals surface area contributed by atoms with Gasteiger partial charge < -0.3 is 4.90 Å². The number of carbonyl (C=O) groups is 1. The molecule has 0 fully saturated rings. The highest BCUT2D eigenvalue weighted by Gasteiger charge is 2.50. The third-order valence-corrected chi connectivity index (χ3v) is 4.22. The van der Waals surface area contributed by atoms with E-state index in [-0.39, 0.29) is 6.04 Å². The van der Waals surface area contributed by atoms with Gasteiger partial charge in [0.05, 0.1) is 6.04 Å². The minimum atomic E-state index is -3.06. The maximum Gasteiger partial charge on any atom is 0.259 e. The van der Waals surface area contributed by atoms with Gasteiger partial charge >= 0.3 is 0 Å². The van der Waals surface area contributed by atoms with Crippen molar-refractivity contribution in [3.05, 3.63) is 48.0 Å². The zero-order chi connectivity index (χ0) is 15.7. The summed E-state index contributed by atoms with van der Waals surface area (Å²) in [6, 6.07) is 9.23. The van der Waals surface area contributed by atoms with Crippen molar-refractivity contribution in [2.45, 2.75) is 39.2 Å². The van der Waals surface area contributed by atoms with E-state index < -0.39 is 17.2 Å². The van der Waals surface area contributed by atoms with Crippen LogP contribution >= 0.6 is 0 Å². The predicted molar refractivity (Wildman–Crippen MR) is 79.1 cm³/mol. The molecule has 0 spiro atoms. The first-order chi connectivity index (χ1) is 9.75. The predicted octanol–water partition coefficient (Wildman–Crippen LogP) is 4.20. The summed E-state index contributed by atoms with van der Waals surface area (Å²) in [7, 11) is 0. The van der Waals surface area contributed by atoms with Gasteiger partial charge in [0.15, 0.2) is 0 Å². The lowest BCUT2D eigenvalue weighted by Crippen LogP contribution is -2.51. The smallest absolute Gasteiger partial charge is 0.259 e. The molecule has 0 aliphatic carbocycles. The Morgan fingerprint density at radius 3 is 2.38 bits per heavy atom. The molecule has 1 unspecified atom stereocenters. The minimum Gasteiger partial charge on any atom is -0.331 e. The Labute approximate surface area is 124 Å². The number of hydrogen-bond acceptors (Lipinski definition) is 1. The number of carbonyl (C=O) groups excluding carboxylic acids is 1. The Bertz CT molecular complexity index is 531. The average molecular weight is 293 g/mol. The lowest BCUT2D eigenvalue weighted by molar-refractivity contribution is -0.164. The molecule has 1 aromatic carbocycles. The van der Waals surface area contributed by atoms with E-state index in [1.807, 2.05) is 42.5 Å². The molecule has 0 radical (unpaired) electrons. The number of amides is 1. The quantitative estimate of drug-likeness (QED) is 0.765. The topological polar surface area (TPSA) is 20.3 Å². The van der Waals surface area contributed by atoms with E-state index in [4.69, 9.17) is 0 Å². The average Bonchev–Trinajstić information content (AvgIpc) is 2.46. The molecule has 2 rings (SSSR count). The van der Waals surface area contributed by atoms with Crippen LogP contribution < -0.4 is 0 Å². The summed E-state index contributed by atoms with van der Waals surface area (Å²) in [6.45, 7) is 3.90. The fraction of sp³-hybridized carbons (Fsp3) is 0.471. The molecule has 1 heterocycles. The van der Waals surface area contributed by atoms with Crippen LogP contribution in [0.2, 0.25) is 0 Å². The zero-order valence-corrected chi connectivity index (χ0v) is 12.6. The minimum absolute atomic E-state index is 0.269. The number of hydrogen-bond donors (Lipinski definition) is 0. The van der Waals surface area contributed by atoms with Crippen molar-refractivity contribution in [1.29, 1.82) is 0 Å². The van der Waals surface area contributed by atoms with Crippen molar-refractivity contribution in [3.63, 3.8) is 0 Å². The van der Waals surface area contributed by atoms with Crippen LogP contribution in [0.5, 0.6) is 0 Å². The molecule has 0 saturated carbocycles. The van der Waals surface area contributed by atoms with E-state index in [0.29, 0.717) is 13.0 Å². The molecular formula is C17H21F2NO. The van der Waals surface area contributed by atoms with Crippen molar-refractivity contribution in [3.8, 4) is 0 Å². The molecule has 0 aromatic heterocycles. The molecule has 1 atom stereocenters. The van der Waals surface area contributed by atoms with Gasteiger partial charge in [-0.05, 0) is 25.8 Å². The molecular weight excluding hydrogens is 272 g/mol. The summed E-state index contributed by atoms with van der Waals surface area (Å²) in [5.74, 6) is -3.57. The largest absolute Gasteiger partial charge is 0.331 e. The number of alkyl halides is 2. The second-order valence-electron chi connectivity index (χ2n) is 6.08. The molecule has 1 amide bonds. The Morgan fingerprint density at radius 1 is 1.19 bits per heavy atom. The molecule has 0 saturated heterocycles. The van der Waals surface area contributed by atoms with Gasteiger partial charge in [-0.15, -0.1) is 0 Å². The third-order valence-electron chi connectivity index (χ3n) is 4.22. The van der Waals surface area contributed by atoms with Crippen LogP contribution in [0.15, 0.2) is 42.5 Å². The molecule has 21 heavy (non-hydrogen) atoms. The first-order valence-electron chi connectivity index (χ1n) is 7.15. The van der Waals surface area contributed by atoms with Crippen LogP contribution in [0.3, 0.4) is 0 Å². The van der Waals surface area contributed by atoms with Crippen LogP contribution in [0.25, 0.3) is 0 Å². The molecule has 0 bridgehead atoms. The Hall–Kier alpha value is -1.71. The van der Waals surface area contributed by atoms with Gasteiger partial charge in [-0.2, -0.15) is 0 Å². The van der Waals surface area contributed by atoms with Crippen molar-refractivity contribution in [1.82, 2.24) is 4.90 Å². The van der Waals surface area contributed by atoms with Crippen LogP contribution in [0.1, 0.15) is 38.8 Å². The summed E-state index contributed by atoms with van der Waals surface area (Å²) >= 11 is 0. The normalized spacial score (nSPS) is 19.7. The lowest BCUT2D eigenvalue weighted by atomic mass is 9.83. The monoisotopic (exact) mass is 293 g/mol. The Balaban J connectivity index is 2.33. The van der Waals surface area contributed by atoms with E-state index in [0.717, 1.165) is 12.5 Å². The van der Waals surface area contributed by atoms with Crippen molar-refractivity contribution < 1.29 is 13.6 Å². The van der Waals surface area contributed by atoms with Crippen molar-refractivity contribution >= 4 is 5.91 Å². The summed E-state index contributed by atoms with van der Waals surface area (Å²) in [4.78, 5) is 14.2. The second-order valence-corrected chi connectivity index (χ2v) is 6.08. The van der Waals surface area contributed by atoms with E-state index >= 15 is 0 Å². The summed E-state index contributed by atoms with van der Waals surface area (Å²) in [6.07, 6.45) is 4.61. The number of halogens is 2. The van der Waals surface area contributed by atoms with Gasteiger partial charge in [-0.3, -0.25) is 4.79 Å². The molecule has 0 N–H and O–H groups in total. The van der Waals surface area contributed by atoms with Gasteiger partial charge in [0.1, 0.15) is 5.41 Å². The Kier molecular flexibility index (Phi) is 4.17. The van der Waals surface area contributed by atoms with E-state index in [1.165, 1.54) is 13.8 Å². The highest BCUT2D eigenvalue weighted by molar-refractivity contribution is 5.84. The van der Waals surface area contributed by atoms with Crippen LogP contribution in [0.4, 0.5) is 8.78 Å². The van der Waals surface area contributed by atoms with Gasteiger partial charge in [-0.25, -0.2) is 8.78 Å². The molecule has 114 valence electrons. The fourth-order valence-electron chi connectivity index (χ4n) is 2.40. The highest BCUT2D eigenvalue weighted by Crippen LogP contribution is 2.40. The zero-order valence-electron chi connectivity index (χ0n) is 12.6. The first kappa shape index (κ1) is 15.7. The maximum atomic E-state index is 13.8. The number of rotatable bonds is 3. The molecule has 1 aliphatic heterocycles. The van der Waals surface area contributed by atoms with Gasteiger partial charge in [-0.1, -0.05) is 42.5 Å². The van der Waals surface area contributed by atoms with Gasteiger partial charge in [0.25, 0.3) is 5.92 Å².